The van der Waals surface area contributed by atoms with Gasteiger partial charge in [0.1, 0.15) is 0 Å². The molecule has 5 nitrogen and oxygen atoms in total. The second-order valence-corrected chi connectivity index (χ2v) is 8.28. The summed E-state index contributed by atoms with van der Waals surface area (Å²) in [6.07, 6.45) is 0.644. The standard InChI is InChI=1S/C16H25N3O2S.HI/c1-11-7-12(2)15(13(3)8-11)9-18-16(17-4)19-14-5-6-22(20,21)10-14;/h7-8,14H,5-6,9-10H2,1-4H3,(H2,17,18,19);1H. The second kappa shape index (κ2) is 8.32. The molecular weight excluding hydrogens is 425 g/mol. The number of halogens is 1. The Bertz CT molecular complexity index is 664. The zero-order valence-electron chi connectivity index (χ0n) is 14.1. The molecule has 1 atom stereocenters. The summed E-state index contributed by atoms with van der Waals surface area (Å²) in [5.41, 5.74) is 5.03. The molecule has 0 saturated carbocycles. The molecule has 1 aromatic carbocycles. The topological polar surface area (TPSA) is 70.6 Å². The van der Waals surface area contributed by atoms with E-state index in [2.05, 4.69) is 48.5 Å². The van der Waals surface area contributed by atoms with Crippen LogP contribution in [0.25, 0.3) is 0 Å². The summed E-state index contributed by atoms with van der Waals surface area (Å²) in [7, 11) is -1.18. The highest BCUT2D eigenvalue weighted by Crippen LogP contribution is 2.16. The third kappa shape index (κ3) is 5.63. The lowest BCUT2D eigenvalue weighted by Gasteiger charge is -2.18. The van der Waals surface area contributed by atoms with Crippen LogP contribution in [0.2, 0.25) is 0 Å². The SMILES string of the molecule is CN=C(NCc1c(C)cc(C)cc1C)NC1CCS(=O)(=O)C1.I. The van der Waals surface area contributed by atoms with Gasteiger partial charge >= 0.3 is 0 Å². The predicted molar refractivity (Wildman–Crippen MR) is 106 cm³/mol. The van der Waals surface area contributed by atoms with Crippen LogP contribution in [0.5, 0.6) is 0 Å². The van der Waals surface area contributed by atoms with Crippen molar-refractivity contribution in [2.75, 3.05) is 18.6 Å². The molecule has 1 aliphatic rings. The van der Waals surface area contributed by atoms with Gasteiger partial charge in [-0.1, -0.05) is 17.7 Å². The lowest BCUT2D eigenvalue weighted by atomic mass is 10.00. The first-order valence-electron chi connectivity index (χ1n) is 7.55. The smallest absolute Gasteiger partial charge is 0.191 e. The molecule has 23 heavy (non-hydrogen) atoms. The van der Waals surface area contributed by atoms with E-state index in [0.29, 0.717) is 18.9 Å². The van der Waals surface area contributed by atoms with Gasteiger partial charge in [-0.15, -0.1) is 24.0 Å². The minimum atomic E-state index is -2.88. The summed E-state index contributed by atoms with van der Waals surface area (Å²) in [4.78, 5) is 4.19. The molecule has 0 amide bonds. The van der Waals surface area contributed by atoms with Crippen LogP contribution in [-0.2, 0) is 16.4 Å². The van der Waals surface area contributed by atoms with Crippen molar-refractivity contribution in [3.8, 4) is 0 Å². The molecule has 1 aliphatic heterocycles. The van der Waals surface area contributed by atoms with Crippen molar-refractivity contribution < 1.29 is 8.42 Å². The number of guanidine groups is 1. The summed E-state index contributed by atoms with van der Waals surface area (Å²) >= 11 is 0. The van der Waals surface area contributed by atoms with Crippen LogP contribution in [0.1, 0.15) is 28.7 Å². The Labute approximate surface area is 156 Å². The number of hydrogen-bond acceptors (Lipinski definition) is 3. The Balaban J connectivity index is 0.00000264. The third-order valence-electron chi connectivity index (χ3n) is 4.07. The van der Waals surface area contributed by atoms with E-state index >= 15 is 0 Å². The van der Waals surface area contributed by atoms with Crippen LogP contribution in [0.15, 0.2) is 17.1 Å². The Kier molecular flexibility index (Phi) is 7.31. The van der Waals surface area contributed by atoms with Crippen molar-refractivity contribution in [3.05, 3.63) is 34.4 Å². The van der Waals surface area contributed by atoms with Crippen LogP contribution < -0.4 is 10.6 Å². The molecular formula is C16H26IN3O2S. The van der Waals surface area contributed by atoms with Gasteiger partial charge in [0.15, 0.2) is 15.8 Å². The highest BCUT2D eigenvalue weighted by Gasteiger charge is 2.28. The maximum atomic E-state index is 11.5. The van der Waals surface area contributed by atoms with Gasteiger partial charge in [-0.3, -0.25) is 4.99 Å². The van der Waals surface area contributed by atoms with Crippen LogP contribution in [0, 0.1) is 20.8 Å². The van der Waals surface area contributed by atoms with Crippen LogP contribution in [0.4, 0.5) is 0 Å². The lowest BCUT2D eigenvalue weighted by Crippen LogP contribution is -2.43. The van der Waals surface area contributed by atoms with Gasteiger partial charge in [-0.2, -0.15) is 0 Å². The highest BCUT2D eigenvalue weighted by molar-refractivity contribution is 14.0. The van der Waals surface area contributed by atoms with Gasteiger partial charge in [0.05, 0.1) is 11.5 Å². The Morgan fingerprint density at radius 1 is 1.26 bits per heavy atom. The summed E-state index contributed by atoms with van der Waals surface area (Å²) in [5, 5.41) is 6.49. The summed E-state index contributed by atoms with van der Waals surface area (Å²) < 4.78 is 23.0. The maximum Gasteiger partial charge on any atom is 0.191 e. The third-order valence-corrected chi connectivity index (χ3v) is 5.84. The zero-order chi connectivity index (χ0) is 16.3. The number of nitrogens with zero attached hydrogens (tertiary/aromatic N) is 1. The van der Waals surface area contributed by atoms with Gasteiger partial charge < -0.3 is 10.6 Å². The first-order valence-corrected chi connectivity index (χ1v) is 9.37. The monoisotopic (exact) mass is 451 g/mol. The zero-order valence-corrected chi connectivity index (χ0v) is 17.3. The Morgan fingerprint density at radius 2 is 1.87 bits per heavy atom. The molecule has 0 aromatic heterocycles. The van der Waals surface area contributed by atoms with Crippen LogP contribution >= 0.6 is 24.0 Å². The van der Waals surface area contributed by atoms with E-state index < -0.39 is 9.84 Å². The van der Waals surface area contributed by atoms with Gasteiger partial charge in [-0.25, -0.2) is 8.42 Å². The molecule has 130 valence electrons. The number of benzene rings is 1. The van der Waals surface area contributed by atoms with E-state index in [0.717, 1.165) is 0 Å². The number of sulfone groups is 1. The fraction of sp³-hybridized carbons (Fsp3) is 0.562. The number of aliphatic imine (C=N–C) groups is 1. The summed E-state index contributed by atoms with van der Waals surface area (Å²) in [6, 6.07) is 4.30. The summed E-state index contributed by atoms with van der Waals surface area (Å²) in [6.45, 7) is 6.99. The number of aryl methyl sites for hydroxylation is 3. The molecule has 1 heterocycles. The normalized spacial score (nSPS) is 20.0. The van der Waals surface area contributed by atoms with E-state index in [-0.39, 0.29) is 41.5 Å². The van der Waals surface area contributed by atoms with Crippen molar-refractivity contribution in [2.24, 2.45) is 4.99 Å². The first-order chi connectivity index (χ1) is 10.3. The quantitative estimate of drug-likeness (QED) is 0.420. The largest absolute Gasteiger partial charge is 0.353 e. The lowest BCUT2D eigenvalue weighted by molar-refractivity contribution is 0.599. The maximum absolute atomic E-state index is 11.5. The van der Waals surface area contributed by atoms with Gasteiger partial charge in [-0.05, 0) is 43.9 Å². The fourth-order valence-electron chi connectivity index (χ4n) is 2.96. The number of nitrogens with one attached hydrogen (secondary N) is 2. The van der Waals surface area contributed by atoms with Crippen molar-refractivity contribution in [1.29, 1.82) is 0 Å². The van der Waals surface area contributed by atoms with E-state index in [1.807, 2.05) is 0 Å². The average molecular weight is 451 g/mol. The molecule has 1 aromatic rings. The highest BCUT2D eigenvalue weighted by atomic mass is 127. The first kappa shape index (κ1) is 20.2. The molecule has 0 spiro atoms. The van der Waals surface area contributed by atoms with E-state index in [4.69, 9.17) is 0 Å². The Morgan fingerprint density at radius 3 is 2.35 bits per heavy atom. The van der Waals surface area contributed by atoms with E-state index in [1.54, 1.807) is 7.05 Å². The number of rotatable bonds is 3. The molecule has 0 aliphatic carbocycles. The molecule has 1 fully saturated rings. The molecule has 2 rings (SSSR count). The van der Waals surface area contributed by atoms with E-state index in [1.165, 1.54) is 22.3 Å². The molecule has 1 saturated heterocycles. The van der Waals surface area contributed by atoms with Crippen LogP contribution in [0.3, 0.4) is 0 Å². The average Bonchev–Trinajstić information content (AvgIpc) is 2.75. The minimum Gasteiger partial charge on any atom is -0.353 e. The summed E-state index contributed by atoms with van der Waals surface area (Å²) in [5.74, 6) is 1.11. The molecule has 0 bridgehead atoms. The molecule has 7 heteroatoms. The van der Waals surface area contributed by atoms with E-state index in [9.17, 15) is 8.42 Å². The van der Waals surface area contributed by atoms with Crippen molar-refractivity contribution >= 4 is 39.8 Å². The van der Waals surface area contributed by atoms with Crippen molar-refractivity contribution in [3.63, 3.8) is 0 Å². The van der Waals surface area contributed by atoms with Gasteiger partial charge in [0, 0.05) is 19.6 Å². The minimum absolute atomic E-state index is 0. The Hall–Kier alpha value is -0.830. The van der Waals surface area contributed by atoms with Crippen molar-refractivity contribution in [1.82, 2.24) is 10.6 Å². The van der Waals surface area contributed by atoms with Gasteiger partial charge in [0.25, 0.3) is 0 Å². The predicted octanol–water partition coefficient (Wildman–Crippen LogP) is 2.08. The van der Waals surface area contributed by atoms with Crippen molar-refractivity contribution in [2.45, 2.75) is 39.8 Å². The number of hydrogen-bond donors (Lipinski definition) is 2. The second-order valence-electron chi connectivity index (χ2n) is 6.05. The fourth-order valence-corrected chi connectivity index (χ4v) is 4.63. The molecule has 2 N–H and O–H groups in total. The van der Waals surface area contributed by atoms with Crippen LogP contribution in [-0.4, -0.2) is 39.0 Å². The molecule has 0 radical (unpaired) electrons. The van der Waals surface area contributed by atoms with Gasteiger partial charge in [0.2, 0.25) is 0 Å². The molecule has 1 unspecified atom stereocenters.